The summed E-state index contributed by atoms with van der Waals surface area (Å²) >= 11 is 0. The number of nitrogens with two attached hydrogens (primary N) is 1. The molecule has 0 aliphatic rings. The van der Waals surface area contributed by atoms with E-state index in [1.165, 1.54) is 5.56 Å². The number of aromatic amines is 1. The van der Waals surface area contributed by atoms with Crippen LogP contribution in [0, 0.1) is 0 Å². The summed E-state index contributed by atoms with van der Waals surface area (Å²) in [6, 6.07) is 10.4. The van der Waals surface area contributed by atoms with Gasteiger partial charge in [-0.15, -0.1) is 0 Å². The number of benzene rings is 1. The maximum Gasteiger partial charge on any atom is 0.411 e. The largest absolute Gasteiger partial charge is 0.455 e. The predicted octanol–water partition coefficient (Wildman–Crippen LogP) is 6.08. The van der Waals surface area contributed by atoms with Crippen LogP contribution in [-0.4, -0.2) is 46.0 Å². The van der Waals surface area contributed by atoms with E-state index < -0.39 is 12.1 Å². The average Bonchev–Trinajstić information content (AvgIpc) is 3.54. The molecule has 0 saturated heterocycles. The first-order chi connectivity index (χ1) is 19.3. The molecule has 11 nitrogen and oxygen atoms in total. The van der Waals surface area contributed by atoms with Gasteiger partial charge in [0.15, 0.2) is 11.6 Å². The topological polar surface area (TPSA) is 156 Å². The fourth-order valence-corrected chi connectivity index (χ4v) is 4.07. The Hall–Kier alpha value is -4.28. The number of furan rings is 1. The van der Waals surface area contributed by atoms with Crippen molar-refractivity contribution in [2.24, 2.45) is 5.73 Å². The highest BCUT2D eigenvalue weighted by Crippen LogP contribution is 2.24. The Labute approximate surface area is 234 Å². The fraction of sp³-hybridized carbons (Fsp3) is 0.448. The van der Waals surface area contributed by atoms with Gasteiger partial charge in [-0.3, -0.25) is 10.1 Å². The number of ether oxygens (including phenoxy) is 1. The molecular weight excluding hydrogens is 512 g/mol. The zero-order valence-electron chi connectivity index (χ0n) is 23.5. The number of carbonyl (C=O) groups is 3. The summed E-state index contributed by atoms with van der Waals surface area (Å²) in [6.07, 6.45) is 6.11. The number of rotatable bonds is 15. The lowest BCUT2D eigenvalue weighted by atomic mass is 10.1. The third kappa shape index (κ3) is 9.18. The third-order valence-corrected chi connectivity index (χ3v) is 6.25. The van der Waals surface area contributed by atoms with Crippen molar-refractivity contribution in [3.8, 4) is 5.88 Å². The molecule has 0 spiro atoms. The fourth-order valence-electron chi connectivity index (χ4n) is 4.07. The lowest BCUT2D eigenvalue weighted by Crippen LogP contribution is -2.32. The minimum absolute atomic E-state index is 0.0547. The van der Waals surface area contributed by atoms with Crippen molar-refractivity contribution in [1.82, 2.24) is 14.9 Å². The number of aromatic nitrogens is 2. The minimum atomic E-state index is -1.07. The van der Waals surface area contributed by atoms with Crippen molar-refractivity contribution in [3.05, 3.63) is 59.3 Å². The number of anilines is 2. The van der Waals surface area contributed by atoms with Crippen molar-refractivity contribution < 1.29 is 23.5 Å². The number of primary amides is 1. The van der Waals surface area contributed by atoms with E-state index >= 15 is 0 Å². The number of aryl methyl sites for hydroxylation is 1. The summed E-state index contributed by atoms with van der Waals surface area (Å²) in [4.78, 5) is 46.1. The van der Waals surface area contributed by atoms with Crippen LogP contribution in [0.2, 0.25) is 0 Å². The van der Waals surface area contributed by atoms with Gasteiger partial charge in [-0.05, 0) is 55.5 Å². The second kappa shape index (κ2) is 15.3. The summed E-state index contributed by atoms with van der Waals surface area (Å²) in [5, 5.41) is 5.34. The Balaban J connectivity index is 1.68. The van der Waals surface area contributed by atoms with Gasteiger partial charge in [0, 0.05) is 18.8 Å². The number of unbranched alkanes of at least 4 members (excludes halogenated alkanes) is 3. The minimum Gasteiger partial charge on any atom is -0.455 e. The van der Waals surface area contributed by atoms with Gasteiger partial charge in [0.05, 0.1) is 6.42 Å². The number of imidazole rings is 1. The van der Waals surface area contributed by atoms with E-state index in [0.717, 1.165) is 44.9 Å². The molecule has 1 aromatic carbocycles. The molecule has 3 rings (SSSR count). The zero-order valence-corrected chi connectivity index (χ0v) is 23.5. The number of urea groups is 1. The highest BCUT2D eigenvalue weighted by atomic mass is 16.6. The molecule has 3 aromatic rings. The molecule has 0 saturated carbocycles. The standard InChI is InChI=1S/C29H40N6O5/c1-4-7-10-20-11-13-21(14-12-20)31-29(38)34-25-26(40-28(30)37)33-24(32-25)19-22-15-16-23(39-22)27(36)35(17-8-5-2)18-9-6-3/h11-16H,4-10,17-19H2,1-3H3,(H2,30,37)(H,32,33)(H2,31,34,38). The number of carbonyl (C=O) groups excluding carboxylic acids is 3. The molecule has 0 radical (unpaired) electrons. The molecule has 0 bridgehead atoms. The van der Waals surface area contributed by atoms with Crippen LogP contribution in [0.25, 0.3) is 0 Å². The van der Waals surface area contributed by atoms with Crippen LogP contribution in [0.5, 0.6) is 5.88 Å². The molecule has 0 aliphatic carbocycles. The van der Waals surface area contributed by atoms with E-state index in [1.807, 2.05) is 29.2 Å². The Morgan fingerprint density at radius 1 is 0.950 bits per heavy atom. The van der Waals surface area contributed by atoms with Gasteiger partial charge < -0.3 is 30.1 Å². The van der Waals surface area contributed by atoms with Crippen molar-refractivity contribution in [2.75, 3.05) is 23.7 Å². The molecule has 0 unspecified atom stereocenters. The summed E-state index contributed by atoms with van der Waals surface area (Å²) in [7, 11) is 0. The first-order valence-corrected chi connectivity index (χ1v) is 13.9. The number of amides is 4. The van der Waals surface area contributed by atoms with Gasteiger partial charge in [-0.25, -0.2) is 9.59 Å². The monoisotopic (exact) mass is 552 g/mol. The predicted molar refractivity (Wildman–Crippen MR) is 154 cm³/mol. The Bertz CT molecular complexity index is 1240. The molecule has 0 atom stereocenters. The summed E-state index contributed by atoms with van der Waals surface area (Å²) in [5.74, 6) is 0.796. The molecule has 2 aromatic heterocycles. The van der Waals surface area contributed by atoms with E-state index in [-0.39, 0.29) is 29.8 Å². The van der Waals surface area contributed by atoms with E-state index in [0.29, 0.717) is 30.4 Å². The molecule has 40 heavy (non-hydrogen) atoms. The lowest BCUT2D eigenvalue weighted by molar-refractivity contribution is 0.0717. The van der Waals surface area contributed by atoms with E-state index in [9.17, 15) is 14.4 Å². The van der Waals surface area contributed by atoms with Crippen LogP contribution in [0.4, 0.5) is 21.1 Å². The normalized spacial score (nSPS) is 10.8. The quantitative estimate of drug-likeness (QED) is 0.179. The maximum absolute atomic E-state index is 13.0. The molecule has 11 heteroatoms. The average molecular weight is 553 g/mol. The second-order valence-electron chi connectivity index (χ2n) is 9.61. The van der Waals surface area contributed by atoms with Gasteiger partial charge in [0.1, 0.15) is 11.6 Å². The van der Waals surface area contributed by atoms with Crippen LogP contribution in [0.15, 0.2) is 40.8 Å². The number of hydrogen-bond acceptors (Lipinski definition) is 6. The molecule has 5 N–H and O–H groups in total. The van der Waals surface area contributed by atoms with Crippen LogP contribution >= 0.6 is 0 Å². The highest BCUT2D eigenvalue weighted by molar-refractivity contribution is 6.00. The summed E-state index contributed by atoms with van der Waals surface area (Å²) in [5.41, 5.74) is 6.99. The van der Waals surface area contributed by atoms with Crippen LogP contribution in [0.1, 0.15) is 87.0 Å². The summed E-state index contributed by atoms with van der Waals surface area (Å²) < 4.78 is 10.8. The molecule has 216 valence electrons. The van der Waals surface area contributed by atoms with Crippen molar-refractivity contribution in [1.29, 1.82) is 0 Å². The van der Waals surface area contributed by atoms with Crippen molar-refractivity contribution >= 4 is 29.5 Å². The molecule has 0 aliphatic heterocycles. The number of hydrogen-bond donors (Lipinski definition) is 4. The molecular formula is C29H40N6O5. The number of nitrogens with zero attached hydrogens (tertiary/aromatic N) is 2. The third-order valence-electron chi connectivity index (χ3n) is 6.25. The van der Waals surface area contributed by atoms with E-state index in [1.54, 1.807) is 12.1 Å². The van der Waals surface area contributed by atoms with E-state index in [4.69, 9.17) is 14.9 Å². The van der Waals surface area contributed by atoms with Crippen molar-refractivity contribution in [3.63, 3.8) is 0 Å². The van der Waals surface area contributed by atoms with Gasteiger partial charge in [0.2, 0.25) is 0 Å². The van der Waals surface area contributed by atoms with Crippen LogP contribution < -0.4 is 21.1 Å². The molecule has 4 amide bonds. The van der Waals surface area contributed by atoms with Gasteiger partial charge in [-0.1, -0.05) is 52.2 Å². The van der Waals surface area contributed by atoms with Crippen LogP contribution in [-0.2, 0) is 12.8 Å². The lowest BCUT2D eigenvalue weighted by Gasteiger charge is -2.21. The van der Waals surface area contributed by atoms with E-state index in [2.05, 4.69) is 41.4 Å². The van der Waals surface area contributed by atoms with Crippen LogP contribution in [0.3, 0.4) is 0 Å². The van der Waals surface area contributed by atoms with Gasteiger partial charge in [0.25, 0.3) is 11.8 Å². The number of nitrogens with one attached hydrogen (secondary N) is 3. The van der Waals surface area contributed by atoms with Gasteiger partial charge in [-0.2, -0.15) is 4.98 Å². The second-order valence-corrected chi connectivity index (χ2v) is 9.61. The highest BCUT2D eigenvalue weighted by Gasteiger charge is 2.21. The number of H-pyrrole nitrogens is 1. The zero-order chi connectivity index (χ0) is 28.9. The molecule has 2 heterocycles. The Morgan fingerprint density at radius 3 is 2.25 bits per heavy atom. The Morgan fingerprint density at radius 2 is 1.62 bits per heavy atom. The maximum atomic E-state index is 13.0. The first-order valence-electron chi connectivity index (χ1n) is 13.9. The smallest absolute Gasteiger partial charge is 0.411 e. The van der Waals surface area contributed by atoms with Gasteiger partial charge >= 0.3 is 12.1 Å². The Kier molecular flexibility index (Phi) is 11.6. The van der Waals surface area contributed by atoms with Crippen molar-refractivity contribution in [2.45, 2.75) is 72.1 Å². The summed E-state index contributed by atoms with van der Waals surface area (Å²) in [6.45, 7) is 7.67. The molecule has 0 fully saturated rings. The SMILES string of the molecule is CCCCc1ccc(NC(=O)Nc2[nH]c(Cc3ccc(C(=O)N(CCCC)CCCC)o3)nc2OC(N)=O)cc1. The first kappa shape index (κ1) is 30.3.